The van der Waals surface area contributed by atoms with E-state index in [0.29, 0.717) is 31.2 Å². The molecule has 3 rings (SSSR count). The van der Waals surface area contributed by atoms with E-state index in [-0.39, 0.29) is 30.6 Å². The second kappa shape index (κ2) is 6.68. The lowest BCUT2D eigenvalue weighted by atomic mass is 9.89. The fourth-order valence-electron chi connectivity index (χ4n) is 3.19. The third kappa shape index (κ3) is 3.46. The van der Waals surface area contributed by atoms with Crippen molar-refractivity contribution in [3.05, 3.63) is 28.8 Å². The minimum Gasteiger partial charge on any atom is -0.465 e. The van der Waals surface area contributed by atoms with Crippen LogP contribution in [0, 0.1) is 0 Å². The van der Waals surface area contributed by atoms with Crippen molar-refractivity contribution < 1.29 is 19.5 Å². The van der Waals surface area contributed by atoms with E-state index in [4.69, 9.17) is 16.7 Å². The van der Waals surface area contributed by atoms with E-state index in [1.54, 1.807) is 6.07 Å². The van der Waals surface area contributed by atoms with Crippen molar-refractivity contribution in [3.63, 3.8) is 0 Å². The third-order valence-electron chi connectivity index (χ3n) is 4.48. The van der Waals surface area contributed by atoms with Gasteiger partial charge < -0.3 is 14.9 Å². The predicted octanol–water partition coefficient (Wildman–Crippen LogP) is 1.66. The maximum Gasteiger partial charge on any atom is 0.407 e. The van der Waals surface area contributed by atoms with E-state index in [2.05, 4.69) is 5.32 Å². The van der Waals surface area contributed by atoms with Crippen LogP contribution < -0.4 is 10.2 Å². The molecule has 2 fully saturated rings. The lowest BCUT2D eigenvalue weighted by Crippen LogP contribution is -2.48. The lowest BCUT2D eigenvalue weighted by Gasteiger charge is -2.35. The summed E-state index contributed by atoms with van der Waals surface area (Å²) in [6, 6.07) is 5.57. The van der Waals surface area contributed by atoms with Gasteiger partial charge in [0.05, 0.1) is 10.7 Å². The molecule has 0 radical (unpaired) electrons. The van der Waals surface area contributed by atoms with E-state index in [1.807, 2.05) is 17.0 Å². The fraction of sp³-hybridized carbons (Fsp3) is 0.438. The molecule has 0 unspecified atom stereocenters. The van der Waals surface area contributed by atoms with Crippen molar-refractivity contribution in [2.45, 2.75) is 18.8 Å². The highest BCUT2D eigenvalue weighted by molar-refractivity contribution is 6.33. The number of halogens is 1. The first-order valence-electron chi connectivity index (χ1n) is 7.79. The SMILES string of the molecule is O=C1CC(c2ccc(N3CCN(C(=O)O)CC3)c(Cl)c2)CC(=O)N1. The van der Waals surface area contributed by atoms with Crippen LogP contribution in [0.1, 0.15) is 24.3 Å². The smallest absolute Gasteiger partial charge is 0.407 e. The van der Waals surface area contributed by atoms with E-state index >= 15 is 0 Å². The highest BCUT2D eigenvalue weighted by atomic mass is 35.5. The molecule has 0 saturated carbocycles. The number of nitrogens with one attached hydrogen (secondary N) is 1. The first kappa shape index (κ1) is 16.6. The Balaban J connectivity index is 1.72. The zero-order valence-electron chi connectivity index (χ0n) is 13.0. The van der Waals surface area contributed by atoms with Gasteiger partial charge in [0.1, 0.15) is 0 Å². The Bertz CT molecular complexity index is 670. The number of hydrogen-bond donors (Lipinski definition) is 2. The molecule has 2 aliphatic rings. The van der Waals surface area contributed by atoms with Gasteiger partial charge in [-0.25, -0.2) is 4.79 Å². The summed E-state index contributed by atoms with van der Waals surface area (Å²) in [5.74, 6) is -0.677. The first-order chi connectivity index (χ1) is 11.4. The van der Waals surface area contributed by atoms with Gasteiger partial charge in [-0.2, -0.15) is 0 Å². The van der Waals surface area contributed by atoms with Crippen LogP contribution in [-0.4, -0.2) is 54.1 Å². The summed E-state index contributed by atoms with van der Waals surface area (Å²) in [4.78, 5) is 37.4. The molecule has 2 aliphatic heterocycles. The number of imide groups is 1. The Morgan fingerprint density at radius 3 is 2.29 bits per heavy atom. The van der Waals surface area contributed by atoms with Crippen LogP contribution >= 0.6 is 11.6 Å². The average molecular weight is 352 g/mol. The van der Waals surface area contributed by atoms with E-state index in [9.17, 15) is 14.4 Å². The van der Waals surface area contributed by atoms with Crippen LogP contribution in [0.4, 0.5) is 10.5 Å². The number of anilines is 1. The maximum absolute atomic E-state index is 11.5. The Morgan fingerprint density at radius 2 is 1.75 bits per heavy atom. The zero-order valence-corrected chi connectivity index (χ0v) is 13.8. The van der Waals surface area contributed by atoms with Crippen LogP contribution in [0.5, 0.6) is 0 Å². The van der Waals surface area contributed by atoms with Crippen LogP contribution in [0.3, 0.4) is 0 Å². The van der Waals surface area contributed by atoms with Gasteiger partial charge in [-0.05, 0) is 17.7 Å². The zero-order chi connectivity index (χ0) is 17.3. The molecule has 8 heteroatoms. The molecule has 0 aromatic heterocycles. The van der Waals surface area contributed by atoms with Gasteiger partial charge in [-0.3, -0.25) is 14.9 Å². The molecule has 0 bridgehead atoms. The summed E-state index contributed by atoms with van der Waals surface area (Å²) in [6.45, 7) is 2.03. The van der Waals surface area contributed by atoms with Crippen LogP contribution in [-0.2, 0) is 9.59 Å². The van der Waals surface area contributed by atoms with Gasteiger partial charge in [-0.15, -0.1) is 0 Å². The molecular weight excluding hydrogens is 334 g/mol. The number of carboxylic acid groups (broad SMARTS) is 1. The number of benzene rings is 1. The fourth-order valence-corrected chi connectivity index (χ4v) is 3.49. The monoisotopic (exact) mass is 351 g/mol. The normalized spacial score (nSPS) is 19.4. The maximum atomic E-state index is 11.5. The molecule has 128 valence electrons. The molecule has 3 amide bonds. The Labute approximate surface area is 144 Å². The summed E-state index contributed by atoms with van der Waals surface area (Å²) in [6.07, 6.45) is -0.353. The number of nitrogens with zero attached hydrogens (tertiary/aromatic N) is 2. The molecule has 7 nitrogen and oxygen atoms in total. The van der Waals surface area contributed by atoms with Crippen molar-refractivity contribution in [3.8, 4) is 0 Å². The second-order valence-electron chi connectivity index (χ2n) is 6.04. The number of piperidine rings is 1. The van der Waals surface area contributed by atoms with Gasteiger partial charge in [0, 0.05) is 44.9 Å². The number of rotatable bonds is 2. The second-order valence-corrected chi connectivity index (χ2v) is 6.45. The largest absolute Gasteiger partial charge is 0.465 e. The molecule has 1 aromatic rings. The van der Waals surface area contributed by atoms with Crippen molar-refractivity contribution in [1.82, 2.24) is 10.2 Å². The Hall–Kier alpha value is -2.28. The van der Waals surface area contributed by atoms with Gasteiger partial charge in [-0.1, -0.05) is 17.7 Å². The molecule has 2 heterocycles. The summed E-state index contributed by atoms with van der Waals surface area (Å²) in [5, 5.41) is 11.8. The number of hydrogen-bond acceptors (Lipinski definition) is 4. The van der Waals surface area contributed by atoms with E-state index < -0.39 is 6.09 Å². The Morgan fingerprint density at radius 1 is 1.12 bits per heavy atom. The minimum atomic E-state index is -0.906. The van der Waals surface area contributed by atoms with Crippen molar-refractivity contribution in [2.24, 2.45) is 0 Å². The molecule has 0 spiro atoms. The highest BCUT2D eigenvalue weighted by Crippen LogP contribution is 2.33. The molecule has 2 N–H and O–H groups in total. The van der Waals surface area contributed by atoms with Crippen LogP contribution in [0.2, 0.25) is 5.02 Å². The van der Waals surface area contributed by atoms with Crippen molar-refractivity contribution >= 4 is 35.2 Å². The Kier molecular flexibility index (Phi) is 4.62. The molecule has 2 saturated heterocycles. The average Bonchev–Trinajstić information content (AvgIpc) is 2.54. The van der Waals surface area contributed by atoms with Crippen LogP contribution in [0.15, 0.2) is 18.2 Å². The summed E-state index contributed by atoms with van der Waals surface area (Å²) < 4.78 is 0. The number of carbonyl (C=O) groups is 3. The van der Waals surface area contributed by atoms with E-state index in [1.165, 1.54) is 4.90 Å². The van der Waals surface area contributed by atoms with Gasteiger partial charge in [0.25, 0.3) is 0 Å². The molecule has 0 aliphatic carbocycles. The van der Waals surface area contributed by atoms with Crippen LogP contribution in [0.25, 0.3) is 0 Å². The van der Waals surface area contributed by atoms with Crippen molar-refractivity contribution in [2.75, 3.05) is 31.1 Å². The first-order valence-corrected chi connectivity index (χ1v) is 8.17. The molecule has 1 aromatic carbocycles. The topological polar surface area (TPSA) is 90.0 Å². The number of carbonyl (C=O) groups excluding carboxylic acids is 2. The molecule has 0 atom stereocenters. The quantitative estimate of drug-likeness (QED) is 0.791. The number of amides is 3. The third-order valence-corrected chi connectivity index (χ3v) is 4.78. The van der Waals surface area contributed by atoms with Gasteiger partial charge in [0.15, 0.2) is 0 Å². The van der Waals surface area contributed by atoms with Crippen molar-refractivity contribution in [1.29, 1.82) is 0 Å². The number of piperazine rings is 1. The summed E-state index contributed by atoms with van der Waals surface area (Å²) in [5.41, 5.74) is 1.72. The standard InChI is InChI=1S/C16H18ClN3O4/c17-12-7-10(11-8-14(21)18-15(22)9-11)1-2-13(12)19-3-5-20(6-4-19)16(23)24/h1-2,7,11H,3-6,8-9H2,(H,23,24)(H,18,21,22). The minimum absolute atomic E-state index is 0.151. The summed E-state index contributed by atoms with van der Waals surface area (Å²) in [7, 11) is 0. The van der Waals surface area contributed by atoms with Gasteiger partial charge >= 0.3 is 6.09 Å². The van der Waals surface area contributed by atoms with E-state index in [0.717, 1.165) is 11.3 Å². The van der Waals surface area contributed by atoms with Gasteiger partial charge in [0.2, 0.25) is 11.8 Å². The lowest BCUT2D eigenvalue weighted by molar-refractivity contribution is -0.133. The highest BCUT2D eigenvalue weighted by Gasteiger charge is 2.27. The molecular formula is C16H18ClN3O4. The summed E-state index contributed by atoms with van der Waals surface area (Å²) >= 11 is 6.40. The molecule has 24 heavy (non-hydrogen) atoms. The predicted molar refractivity (Wildman–Crippen MR) is 88.4 cm³/mol.